The van der Waals surface area contributed by atoms with Crippen molar-refractivity contribution in [3.63, 3.8) is 0 Å². The van der Waals surface area contributed by atoms with E-state index in [9.17, 15) is 19.2 Å². The van der Waals surface area contributed by atoms with Gasteiger partial charge in [0.15, 0.2) is 0 Å². The van der Waals surface area contributed by atoms with E-state index in [-0.39, 0.29) is 18.2 Å². The number of rotatable bonds is 8. The molecule has 0 spiro atoms. The molecule has 0 fully saturated rings. The second-order valence-corrected chi connectivity index (χ2v) is 5.72. The molecule has 1 unspecified atom stereocenters. The summed E-state index contributed by atoms with van der Waals surface area (Å²) in [5.41, 5.74) is 5.34. The van der Waals surface area contributed by atoms with Crippen LogP contribution in [0.5, 0.6) is 0 Å². The Morgan fingerprint density at radius 1 is 1.09 bits per heavy atom. The summed E-state index contributed by atoms with van der Waals surface area (Å²) >= 11 is 0. The average Bonchev–Trinajstić information content (AvgIpc) is 2.46. The van der Waals surface area contributed by atoms with E-state index < -0.39 is 29.9 Å². The summed E-state index contributed by atoms with van der Waals surface area (Å²) in [6.45, 7) is 5.28. The number of esters is 1. The molecule has 2 atom stereocenters. The predicted molar refractivity (Wildman–Crippen MR) is 84.1 cm³/mol. The van der Waals surface area contributed by atoms with Gasteiger partial charge in [-0.1, -0.05) is 20.8 Å². The Balaban J connectivity index is 5.56. The van der Waals surface area contributed by atoms with Crippen LogP contribution < -0.4 is 5.73 Å². The molecule has 0 aromatic heterocycles. The van der Waals surface area contributed by atoms with Crippen LogP contribution in [0.15, 0.2) is 0 Å². The van der Waals surface area contributed by atoms with Crippen molar-refractivity contribution < 1.29 is 23.9 Å². The van der Waals surface area contributed by atoms with Crippen molar-refractivity contribution in [2.45, 2.75) is 45.7 Å². The van der Waals surface area contributed by atoms with E-state index in [2.05, 4.69) is 4.74 Å². The average molecular weight is 329 g/mol. The van der Waals surface area contributed by atoms with Gasteiger partial charge in [0.2, 0.25) is 17.9 Å². The molecule has 0 heterocycles. The van der Waals surface area contributed by atoms with Gasteiger partial charge in [0, 0.05) is 20.5 Å². The van der Waals surface area contributed by atoms with Crippen molar-refractivity contribution >= 4 is 23.7 Å². The van der Waals surface area contributed by atoms with E-state index in [4.69, 9.17) is 5.73 Å². The molecule has 0 aromatic rings. The Morgan fingerprint density at radius 2 is 1.61 bits per heavy atom. The van der Waals surface area contributed by atoms with Gasteiger partial charge in [-0.25, -0.2) is 4.79 Å². The Morgan fingerprint density at radius 3 is 1.96 bits per heavy atom. The van der Waals surface area contributed by atoms with Gasteiger partial charge in [0.05, 0.1) is 7.11 Å². The molecule has 0 saturated carbocycles. The Bertz CT molecular complexity index is 464. The zero-order chi connectivity index (χ0) is 18.3. The van der Waals surface area contributed by atoms with Gasteiger partial charge in [-0.05, 0) is 12.3 Å². The summed E-state index contributed by atoms with van der Waals surface area (Å²) in [5.74, 6) is -2.84. The second-order valence-electron chi connectivity index (χ2n) is 5.72. The molecule has 0 bridgehead atoms. The number of amides is 3. The van der Waals surface area contributed by atoms with E-state index in [0.29, 0.717) is 6.42 Å². The number of hydrogen-bond donors (Lipinski definition) is 1. The molecule has 0 aliphatic rings. The third-order valence-electron chi connectivity index (χ3n) is 3.59. The zero-order valence-corrected chi connectivity index (χ0v) is 14.7. The minimum Gasteiger partial charge on any atom is -0.467 e. The van der Waals surface area contributed by atoms with Crippen LogP contribution in [0.3, 0.4) is 0 Å². The van der Waals surface area contributed by atoms with Crippen LogP contribution in [0.1, 0.15) is 33.6 Å². The lowest BCUT2D eigenvalue weighted by Gasteiger charge is -2.33. The lowest BCUT2D eigenvalue weighted by Crippen LogP contribution is -2.58. The van der Waals surface area contributed by atoms with Gasteiger partial charge in [-0.2, -0.15) is 0 Å². The van der Waals surface area contributed by atoms with E-state index >= 15 is 0 Å². The van der Waals surface area contributed by atoms with Gasteiger partial charge in [-0.15, -0.1) is 0 Å². The summed E-state index contributed by atoms with van der Waals surface area (Å²) in [4.78, 5) is 50.4. The molecule has 8 nitrogen and oxygen atoms in total. The number of carbonyl (C=O) groups is 4. The lowest BCUT2D eigenvalue weighted by atomic mass is 10.0. The molecule has 0 saturated heterocycles. The Labute approximate surface area is 136 Å². The van der Waals surface area contributed by atoms with Crippen molar-refractivity contribution in [3.05, 3.63) is 0 Å². The number of nitrogens with zero attached hydrogens (tertiary/aromatic N) is 2. The highest BCUT2D eigenvalue weighted by Gasteiger charge is 2.40. The molecule has 8 heteroatoms. The van der Waals surface area contributed by atoms with Crippen LogP contribution in [0.25, 0.3) is 0 Å². The normalized spacial score (nSPS) is 13.2. The fourth-order valence-electron chi connectivity index (χ4n) is 2.37. The summed E-state index contributed by atoms with van der Waals surface area (Å²) < 4.78 is 4.64. The maximum Gasteiger partial charge on any atom is 0.338 e. The van der Waals surface area contributed by atoms with Crippen molar-refractivity contribution in [1.82, 2.24) is 9.80 Å². The third-order valence-corrected chi connectivity index (χ3v) is 3.59. The first-order chi connectivity index (χ1) is 10.6. The van der Waals surface area contributed by atoms with E-state index in [0.717, 1.165) is 16.9 Å². The van der Waals surface area contributed by atoms with Gasteiger partial charge in [0.1, 0.15) is 6.04 Å². The standard InChI is InChI=1S/C15H27N3O5/c1-7-8-10(19)17(4)12(15(22)23-6)14(21)18(5)11(9(2)3)13(16)20/h9,11-12H,7-8H2,1-6H3,(H2,16,20)/t11-,12?/m0/s1. The van der Waals surface area contributed by atoms with Gasteiger partial charge >= 0.3 is 5.97 Å². The molecule has 132 valence electrons. The summed E-state index contributed by atoms with van der Waals surface area (Å²) in [6.07, 6.45) is 0.779. The number of carbonyl (C=O) groups excluding carboxylic acids is 4. The van der Waals surface area contributed by atoms with E-state index in [1.165, 1.54) is 14.1 Å². The van der Waals surface area contributed by atoms with Gasteiger partial charge < -0.3 is 20.3 Å². The number of likely N-dealkylation sites (N-methyl/N-ethyl adjacent to an activating group) is 2. The quantitative estimate of drug-likeness (QED) is 0.488. The van der Waals surface area contributed by atoms with Crippen molar-refractivity contribution in [2.24, 2.45) is 11.7 Å². The molecule has 23 heavy (non-hydrogen) atoms. The molecule has 0 rings (SSSR count). The van der Waals surface area contributed by atoms with Crippen molar-refractivity contribution in [3.8, 4) is 0 Å². The van der Waals surface area contributed by atoms with Gasteiger partial charge in [0.25, 0.3) is 5.91 Å². The SMILES string of the molecule is CCCC(=O)N(C)C(C(=O)OC)C(=O)N(C)[C@H](C(N)=O)C(C)C. The number of nitrogens with two attached hydrogens (primary N) is 1. The van der Waals surface area contributed by atoms with Crippen molar-refractivity contribution in [2.75, 3.05) is 21.2 Å². The second kappa shape index (κ2) is 9.12. The highest BCUT2D eigenvalue weighted by Crippen LogP contribution is 2.14. The number of hydrogen-bond acceptors (Lipinski definition) is 5. The predicted octanol–water partition coefficient (Wildman–Crippen LogP) is -0.245. The van der Waals surface area contributed by atoms with E-state index in [1.807, 2.05) is 6.92 Å². The van der Waals surface area contributed by atoms with Crippen LogP contribution >= 0.6 is 0 Å². The molecule has 0 aromatic carbocycles. The number of methoxy groups -OCH3 is 1. The maximum absolute atomic E-state index is 12.7. The summed E-state index contributed by atoms with van der Waals surface area (Å²) in [7, 11) is 3.88. The minimum absolute atomic E-state index is 0.199. The van der Waals surface area contributed by atoms with Gasteiger partial charge in [-0.3, -0.25) is 14.4 Å². The molecule has 0 radical (unpaired) electrons. The molecular formula is C15H27N3O5. The van der Waals surface area contributed by atoms with Crippen LogP contribution in [0.2, 0.25) is 0 Å². The largest absolute Gasteiger partial charge is 0.467 e. The van der Waals surface area contributed by atoms with Crippen LogP contribution in [-0.2, 0) is 23.9 Å². The number of primary amides is 1. The highest BCUT2D eigenvalue weighted by molar-refractivity contribution is 6.05. The smallest absolute Gasteiger partial charge is 0.338 e. The van der Waals surface area contributed by atoms with Crippen LogP contribution in [-0.4, -0.2) is 66.8 Å². The minimum atomic E-state index is -1.44. The molecule has 3 amide bonds. The fourth-order valence-corrected chi connectivity index (χ4v) is 2.37. The van der Waals surface area contributed by atoms with E-state index in [1.54, 1.807) is 13.8 Å². The molecule has 0 aliphatic heterocycles. The Kier molecular flexibility index (Phi) is 8.28. The monoisotopic (exact) mass is 329 g/mol. The third kappa shape index (κ3) is 5.22. The van der Waals surface area contributed by atoms with Crippen LogP contribution in [0, 0.1) is 5.92 Å². The number of ether oxygens (including phenoxy) is 1. The first-order valence-corrected chi connectivity index (χ1v) is 7.49. The van der Waals surface area contributed by atoms with Crippen LogP contribution in [0.4, 0.5) is 0 Å². The molecule has 0 aliphatic carbocycles. The summed E-state index contributed by atoms with van der Waals surface area (Å²) in [5, 5.41) is 0. The Hall–Kier alpha value is -2.12. The maximum atomic E-state index is 12.7. The zero-order valence-electron chi connectivity index (χ0n) is 14.7. The molecule has 2 N–H and O–H groups in total. The first-order valence-electron chi connectivity index (χ1n) is 7.49. The highest BCUT2D eigenvalue weighted by atomic mass is 16.5. The lowest BCUT2D eigenvalue weighted by molar-refractivity contribution is -0.161. The first kappa shape index (κ1) is 20.9. The topological polar surface area (TPSA) is 110 Å². The molecular weight excluding hydrogens is 302 g/mol. The van der Waals surface area contributed by atoms with Crippen molar-refractivity contribution in [1.29, 1.82) is 0 Å². The summed E-state index contributed by atoms with van der Waals surface area (Å²) in [6, 6.07) is -2.33. The fraction of sp³-hybridized carbons (Fsp3) is 0.733.